The Hall–Kier alpha value is -3.46. The Labute approximate surface area is 149 Å². The number of aromatic nitrogens is 4. The predicted molar refractivity (Wildman–Crippen MR) is 98.7 cm³/mol. The second-order valence-electron chi connectivity index (χ2n) is 5.48. The van der Waals surface area contributed by atoms with Gasteiger partial charge in [0.05, 0.1) is 16.5 Å². The Morgan fingerprint density at radius 1 is 0.885 bits per heavy atom. The van der Waals surface area contributed by atoms with E-state index in [1.807, 2.05) is 0 Å². The summed E-state index contributed by atoms with van der Waals surface area (Å²) in [7, 11) is -3.61. The van der Waals surface area contributed by atoms with E-state index in [1.54, 1.807) is 60.8 Å². The zero-order chi connectivity index (χ0) is 18.0. The predicted octanol–water partition coefficient (Wildman–Crippen LogP) is 2.90. The van der Waals surface area contributed by atoms with Crippen LogP contribution in [0.3, 0.4) is 0 Å². The van der Waals surface area contributed by atoms with Crippen LogP contribution in [0.1, 0.15) is 0 Å². The molecule has 0 fully saturated rings. The summed E-state index contributed by atoms with van der Waals surface area (Å²) >= 11 is 0. The van der Waals surface area contributed by atoms with Crippen molar-refractivity contribution in [3.8, 4) is 0 Å². The van der Waals surface area contributed by atoms with E-state index in [2.05, 4.69) is 30.2 Å². The third-order valence-electron chi connectivity index (χ3n) is 3.70. The largest absolute Gasteiger partial charge is 0.340 e. The minimum Gasteiger partial charge on any atom is -0.340 e. The molecule has 0 atom stereocenters. The van der Waals surface area contributed by atoms with E-state index >= 15 is 0 Å². The second-order valence-corrected chi connectivity index (χ2v) is 7.16. The van der Waals surface area contributed by atoms with E-state index in [-0.39, 0.29) is 4.90 Å². The van der Waals surface area contributed by atoms with E-state index in [0.717, 1.165) is 11.1 Å². The lowest BCUT2D eigenvalue weighted by atomic mass is 10.3. The molecule has 0 saturated heterocycles. The van der Waals surface area contributed by atoms with E-state index in [1.165, 1.54) is 6.33 Å². The van der Waals surface area contributed by atoms with Gasteiger partial charge < -0.3 is 5.32 Å². The Morgan fingerprint density at radius 3 is 2.38 bits per heavy atom. The summed E-state index contributed by atoms with van der Waals surface area (Å²) in [6.07, 6.45) is 3.07. The van der Waals surface area contributed by atoms with Crippen LogP contribution in [0.25, 0.3) is 11.0 Å². The van der Waals surface area contributed by atoms with Crippen LogP contribution in [-0.2, 0) is 10.0 Å². The topological polar surface area (TPSA) is 113 Å². The number of anilines is 3. The summed E-state index contributed by atoms with van der Waals surface area (Å²) in [5.74, 6) is 0.612. The van der Waals surface area contributed by atoms with Crippen LogP contribution < -0.4 is 10.0 Å². The molecule has 8 nitrogen and oxygen atoms in total. The maximum atomic E-state index is 12.3. The molecule has 0 aliphatic carbocycles. The third kappa shape index (κ3) is 3.20. The minimum atomic E-state index is -3.61. The number of H-pyrrole nitrogens is 1. The molecule has 4 rings (SSSR count). The highest BCUT2D eigenvalue weighted by Crippen LogP contribution is 2.23. The Kier molecular flexibility index (Phi) is 3.98. The fourth-order valence-corrected chi connectivity index (χ4v) is 3.52. The molecule has 0 radical (unpaired) electrons. The first-order valence-electron chi connectivity index (χ1n) is 7.71. The van der Waals surface area contributed by atoms with Crippen molar-refractivity contribution in [1.29, 1.82) is 0 Å². The normalized spacial score (nSPS) is 11.4. The molecule has 0 aliphatic rings. The highest BCUT2D eigenvalue weighted by atomic mass is 32.2. The summed E-state index contributed by atoms with van der Waals surface area (Å²) in [4.78, 5) is 8.50. The third-order valence-corrected chi connectivity index (χ3v) is 5.10. The van der Waals surface area contributed by atoms with Gasteiger partial charge in [-0.25, -0.2) is 18.4 Å². The summed E-state index contributed by atoms with van der Waals surface area (Å²) in [6.45, 7) is 0. The van der Waals surface area contributed by atoms with Crippen LogP contribution in [0.2, 0.25) is 0 Å². The van der Waals surface area contributed by atoms with Gasteiger partial charge in [-0.2, -0.15) is 5.10 Å². The molecule has 9 heteroatoms. The smallest absolute Gasteiger partial charge is 0.261 e. The minimum absolute atomic E-state index is 0.213. The molecule has 0 saturated carbocycles. The number of benzene rings is 2. The van der Waals surface area contributed by atoms with Crippen molar-refractivity contribution in [2.24, 2.45) is 0 Å². The molecule has 0 spiro atoms. The van der Waals surface area contributed by atoms with Crippen LogP contribution in [-0.4, -0.2) is 28.6 Å². The van der Waals surface area contributed by atoms with Crippen LogP contribution in [0.5, 0.6) is 0 Å². The summed E-state index contributed by atoms with van der Waals surface area (Å²) < 4.78 is 27.2. The summed E-state index contributed by atoms with van der Waals surface area (Å²) in [5.41, 5.74) is 1.86. The van der Waals surface area contributed by atoms with Gasteiger partial charge in [-0.1, -0.05) is 18.2 Å². The number of hydrogen-bond donors (Lipinski definition) is 3. The molecule has 3 N–H and O–H groups in total. The van der Waals surface area contributed by atoms with Crippen molar-refractivity contribution >= 4 is 38.2 Å². The molecule has 130 valence electrons. The van der Waals surface area contributed by atoms with Gasteiger partial charge in [0.15, 0.2) is 5.65 Å². The second kappa shape index (κ2) is 6.45. The average molecular weight is 366 g/mol. The first-order chi connectivity index (χ1) is 12.6. The summed E-state index contributed by atoms with van der Waals surface area (Å²) in [5, 5.41) is 10.7. The number of nitrogens with one attached hydrogen (secondary N) is 3. The van der Waals surface area contributed by atoms with Gasteiger partial charge in [-0.15, -0.1) is 0 Å². The lowest BCUT2D eigenvalue weighted by Crippen LogP contribution is -2.12. The Balaban J connectivity index is 1.53. The standard InChI is InChI=1S/C17H14N6O2S/c24-26(25,14-4-2-1-3-5-14)23-13-8-6-12(7-9-13)21-16-15-10-20-22-17(15)19-11-18-16/h1-11,23H,(H2,18,19,20,21,22). The molecule has 0 bridgehead atoms. The van der Waals surface area contributed by atoms with Gasteiger partial charge in [-0.3, -0.25) is 9.82 Å². The average Bonchev–Trinajstić information content (AvgIpc) is 3.14. The lowest BCUT2D eigenvalue weighted by Gasteiger charge is -2.10. The highest BCUT2D eigenvalue weighted by Gasteiger charge is 2.13. The number of rotatable bonds is 5. The fraction of sp³-hybridized carbons (Fsp3) is 0. The van der Waals surface area contributed by atoms with E-state index in [4.69, 9.17) is 0 Å². The quantitative estimate of drug-likeness (QED) is 0.501. The number of sulfonamides is 1. The zero-order valence-corrected chi connectivity index (χ0v) is 14.2. The number of hydrogen-bond acceptors (Lipinski definition) is 6. The first kappa shape index (κ1) is 16.0. The molecule has 2 aromatic heterocycles. The monoisotopic (exact) mass is 366 g/mol. The van der Waals surface area contributed by atoms with Crippen LogP contribution in [0, 0.1) is 0 Å². The summed E-state index contributed by atoms with van der Waals surface area (Å²) in [6, 6.07) is 15.1. The number of fused-ring (bicyclic) bond motifs is 1. The molecule has 2 heterocycles. The van der Waals surface area contributed by atoms with Crippen LogP contribution in [0.4, 0.5) is 17.2 Å². The molecule has 26 heavy (non-hydrogen) atoms. The van der Waals surface area contributed by atoms with Crippen molar-refractivity contribution in [2.45, 2.75) is 4.90 Å². The molecule has 0 unspecified atom stereocenters. The molecule has 2 aromatic carbocycles. The van der Waals surface area contributed by atoms with Crippen molar-refractivity contribution in [1.82, 2.24) is 20.2 Å². The molecular formula is C17H14N6O2S. The van der Waals surface area contributed by atoms with Crippen molar-refractivity contribution in [3.05, 3.63) is 67.1 Å². The van der Waals surface area contributed by atoms with Crippen molar-refractivity contribution < 1.29 is 8.42 Å². The molecule has 4 aromatic rings. The Morgan fingerprint density at radius 2 is 1.62 bits per heavy atom. The maximum Gasteiger partial charge on any atom is 0.261 e. The lowest BCUT2D eigenvalue weighted by molar-refractivity contribution is 0.601. The van der Waals surface area contributed by atoms with Crippen LogP contribution >= 0.6 is 0 Å². The first-order valence-corrected chi connectivity index (χ1v) is 9.19. The van der Waals surface area contributed by atoms with Crippen molar-refractivity contribution in [3.63, 3.8) is 0 Å². The van der Waals surface area contributed by atoms with Crippen molar-refractivity contribution in [2.75, 3.05) is 10.0 Å². The van der Waals surface area contributed by atoms with E-state index in [0.29, 0.717) is 17.2 Å². The van der Waals surface area contributed by atoms with Gasteiger partial charge in [0, 0.05) is 11.4 Å². The van der Waals surface area contributed by atoms with Gasteiger partial charge >= 0.3 is 0 Å². The molecular weight excluding hydrogens is 352 g/mol. The Bertz CT molecular complexity index is 1140. The fourth-order valence-electron chi connectivity index (χ4n) is 2.44. The van der Waals surface area contributed by atoms with E-state index < -0.39 is 10.0 Å². The number of aromatic amines is 1. The zero-order valence-electron chi connectivity index (χ0n) is 13.4. The van der Waals surface area contributed by atoms with E-state index in [9.17, 15) is 8.42 Å². The van der Waals surface area contributed by atoms with Crippen LogP contribution in [0.15, 0.2) is 72.0 Å². The molecule has 0 aliphatic heterocycles. The van der Waals surface area contributed by atoms with Gasteiger partial charge in [-0.05, 0) is 36.4 Å². The molecule has 0 amide bonds. The number of nitrogens with zero attached hydrogens (tertiary/aromatic N) is 3. The van der Waals surface area contributed by atoms with Gasteiger partial charge in [0.25, 0.3) is 10.0 Å². The van der Waals surface area contributed by atoms with Gasteiger partial charge in [0.2, 0.25) is 0 Å². The maximum absolute atomic E-state index is 12.3. The highest BCUT2D eigenvalue weighted by molar-refractivity contribution is 7.92. The van der Waals surface area contributed by atoms with Gasteiger partial charge in [0.1, 0.15) is 12.1 Å². The SMILES string of the molecule is O=S(=O)(Nc1ccc(Nc2ncnc3[nH]ncc23)cc1)c1ccccc1.